The number of nitriles is 1. The molecule has 0 spiro atoms. The molecule has 2 heterocycles. The molecule has 0 atom stereocenters. The lowest BCUT2D eigenvalue weighted by molar-refractivity contribution is -0.118. The molecule has 0 unspecified atom stereocenters. The van der Waals surface area contributed by atoms with Crippen LogP contribution in [-0.4, -0.2) is 25.7 Å². The van der Waals surface area contributed by atoms with E-state index in [9.17, 15) is 9.18 Å². The molecule has 2 aromatic heterocycles. The van der Waals surface area contributed by atoms with Crippen molar-refractivity contribution in [1.29, 1.82) is 5.26 Å². The Balaban J connectivity index is 1.56. The van der Waals surface area contributed by atoms with Crippen LogP contribution in [0.3, 0.4) is 0 Å². The summed E-state index contributed by atoms with van der Waals surface area (Å²) in [7, 11) is 0. The van der Waals surface area contributed by atoms with Gasteiger partial charge in [-0.15, -0.1) is 0 Å². The zero-order chi connectivity index (χ0) is 18.1. The summed E-state index contributed by atoms with van der Waals surface area (Å²) in [6, 6.07) is 7.65. The quantitative estimate of drug-likeness (QED) is 0.781. The predicted molar refractivity (Wildman–Crippen MR) is 89.8 cm³/mol. The van der Waals surface area contributed by atoms with Gasteiger partial charge in [0.1, 0.15) is 5.82 Å². The van der Waals surface area contributed by atoms with Gasteiger partial charge in [-0.25, -0.2) is 19.0 Å². The maximum Gasteiger partial charge on any atom is 0.250 e. The summed E-state index contributed by atoms with van der Waals surface area (Å²) < 4.78 is 15.2. The van der Waals surface area contributed by atoms with E-state index in [2.05, 4.69) is 20.4 Å². The molecule has 1 N–H and O–H groups in total. The first-order valence-corrected chi connectivity index (χ1v) is 7.95. The fraction of sp³-hybridized carbons (Fsp3) is 0.167. The number of nitrogens with one attached hydrogen (secondary N) is 1. The van der Waals surface area contributed by atoms with Crippen LogP contribution in [-0.2, 0) is 10.2 Å². The normalized spacial score (nSPS) is 14.5. The van der Waals surface area contributed by atoms with E-state index in [-0.39, 0.29) is 11.5 Å². The first-order valence-electron chi connectivity index (χ1n) is 7.95. The highest BCUT2D eigenvalue weighted by atomic mass is 19.1. The molecule has 1 saturated carbocycles. The van der Waals surface area contributed by atoms with Gasteiger partial charge >= 0.3 is 0 Å². The van der Waals surface area contributed by atoms with E-state index in [4.69, 9.17) is 5.26 Å². The Bertz CT molecular complexity index is 1020. The summed E-state index contributed by atoms with van der Waals surface area (Å²) in [5, 5.41) is 16.0. The monoisotopic (exact) mass is 348 g/mol. The van der Waals surface area contributed by atoms with Crippen LogP contribution < -0.4 is 5.32 Å². The van der Waals surface area contributed by atoms with Crippen molar-refractivity contribution < 1.29 is 9.18 Å². The van der Waals surface area contributed by atoms with Crippen LogP contribution in [0, 0.1) is 17.1 Å². The number of nitrogens with zero attached hydrogens (tertiary/aromatic N) is 5. The number of hydrogen-bond donors (Lipinski definition) is 1. The van der Waals surface area contributed by atoms with Gasteiger partial charge in [0.05, 0.1) is 35.1 Å². The minimum absolute atomic E-state index is 0.202. The SMILES string of the molecule is N#Cc1cc(F)cc(C2(C(=O)Nc3cnn(-c4ncccn4)c3)CC2)c1. The van der Waals surface area contributed by atoms with Crippen LogP contribution in [0.1, 0.15) is 24.0 Å². The third-order valence-corrected chi connectivity index (χ3v) is 4.36. The molecule has 1 amide bonds. The van der Waals surface area contributed by atoms with Gasteiger partial charge < -0.3 is 5.32 Å². The largest absolute Gasteiger partial charge is 0.323 e. The van der Waals surface area contributed by atoms with Crippen molar-refractivity contribution in [2.75, 3.05) is 5.32 Å². The molecule has 3 aromatic rings. The van der Waals surface area contributed by atoms with Crippen LogP contribution in [0.15, 0.2) is 49.1 Å². The highest BCUT2D eigenvalue weighted by molar-refractivity contribution is 6.01. The van der Waals surface area contributed by atoms with E-state index in [1.807, 2.05) is 6.07 Å². The topological polar surface area (TPSA) is 96.5 Å². The lowest BCUT2D eigenvalue weighted by atomic mass is 9.93. The van der Waals surface area contributed by atoms with Crippen LogP contribution in [0.25, 0.3) is 5.95 Å². The number of carbonyl (C=O) groups excluding carboxylic acids is 1. The van der Waals surface area contributed by atoms with E-state index < -0.39 is 11.2 Å². The van der Waals surface area contributed by atoms with E-state index in [1.165, 1.54) is 16.9 Å². The Hall–Kier alpha value is -3.60. The van der Waals surface area contributed by atoms with Gasteiger partial charge in [-0.1, -0.05) is 0 Å². The smallest absolute Gasteiger partial charge is 0.250 e. The Labute approximate surface area is 148 Å². The highest BCUT2D eigenvalue weighted by Gasteiger charge is 2.51. The number of anilines is 1. The molecule has 0 bridgehead atoms. The third-order valence-electron chi connectivity index (χ3n) is 4.36. The molecule has 0 radical (unpaired) electrons. The van der Waals surface area contributed by atoms with Crippen LogP contribution in [0.5, 0.6) is 0 Å². The number of amides is 1. The predicted octanol–water partition coefficient (Wildman–Crippen LogP) is 2.34. The minimum atomic E-state index is -0.807. The molecule has 1 aromatic carbocycles. The lowest BCUT2D eigenvalue weighted by Crippen LogP contribution is -2.27. The lowest BCUT2D eigenvalue weighted by Gasteiger charge is -2.15. The van der Waals surface area contributed by atoms with Gasteiger partial charge in [-0.05, 0) is 42.7 Å². The van der Waals surface area contributed by atoms with E-state index in [0.29, 0.717) is 30.0 Å². The van der Waals surface area contributed by atoms with Gasteiger partial charge in [-0.3, -0.25) is 4.79 Å². The first kappa shape index (κ1) is 15.9. The fourth-order valence-electron chi connectivity index (χ4n) is 2.86. The van der Waals surface area contributed by atoms with Gasteiger partial charge in [-0.2, -0.15) is 10.4 Å². The molecule has 26 heavy (non-hydrogen) atoms. The number of benzene rings is 1. The number of halogens is 1. The second-order valence-electron chi connectivity index (χ2n) is 6.10. The molecule has 0 aliphatic heterocycles. The molecule has 1 aliphatic carbocycles. The van der Waals surface area contributed by atoms with Crippen molar-refractivity contribution in [3.05, 3.63) is 66.0 Å². The molecule has 4 rings (SSSR count). The van der Waals surface area contributed by atoms with Gasteiger partial charge in [0, 0.05) is 12.4 Å². The Kier molecular flexibility index (Phi) is 3.69. The second-order valence-corrected chi connectivity index (χ2v) is 6.10. The number of aromatic nitrogens is 4. The molecular weight excluding hydrogens is 335 g/mol. The van der Waals surface area contributed by atoms with Crippen molar-refractivity contribution in [1.82, 2.24) is 19.7 Å². The number of carbonyl (C=O) groups is 1. The number of rotatable bonds is 4. The average Bonchev–Trinajstić information content (AvgIpc) is 3.35. The minimum Gasteiger partial charge on any atom is -0.323 e. The molecular formula is C18H13FN6O. The van der Waals surface area contributed by atoms with Crippen molar-refractivity contribution in [2.45, 2.75) is 18.3 Å². The fourth-order valence-corrected chi connectivity index (χ4v) is 2.86. The average molecular weight is 348 g/mol. The zero-order valence-corrected chi connectivity index (χ0v) is 13.6. The standard InChI is InChI=1S/C18H13FN6O/c19-14-7-12(9-20)6-13(8-14)18(2-3-18)16(26)24-15-10-23-25(11-15)17-21-4-1-5-22-17/h1,4-8,10-11H,2-3H2,(H,24,26). The Morgan fingerprint density at radius 3 is 2.73 bits per heavy atom. The summed E-state index contributed by atoms with van der Waals surface area (Å²) in [6.45, 7) is 0. The van der Waals surface area contributed by atoms with Crippen LogP contribution >= 0.6 is 0 Å². The summed E-state index contributed by atoms with van der Waals surface area (Å²) in [4.78, 5) is 20.9. The zero-order valence-electron chi connectivity index (χ0n) is 13.6. The highest BCUT2D eigenvalue weighted by Crippen LogP contribution is 2.49. The first-order chi connectivity index (χ1) is 12.6. The molecule has 7 nitrogen and oxygen atoms in total. The van der Waals surface area contributed by atoms with Crippen molar-refractivity contribution in [2.24, 2.45) is 0 Å². The molecule has 0 saturated heterocycles. The van der Waals surface area contributed by atoms with Gasteiger partial charge in [0.15, 0.2) is 0 Å². The number of hydrogen-bond acceptors (Lipinski definition) is 5. The van der Waals surface area contributed by atoms with E-state index in [1.54, 1.807) is 30.7 Å². The maximum absolute atomic E-state index is 13.7. The second kappa shape index (κ2) is 6.04. The maximum atomic E-state index is 13.7. The molecule has 1 aliphatic rings. The van der Waals surface area contributed by atoms with Crippen LogP contribution in [0.4, 0.5) is 10.1 Å². The van der Waals surface area contributed by atoms with Crippen molar-refractivity contribution in [3.8, 4) is 12.0 Å². The third kappa shape index (κ3) is 2.80. The summed E-state index contributed by atoms with van der Waals surface area (Å²) in [5.74, 6) is -0.384. The summed E-state index contributed by atoms with van der Waals surface area (Å²) in [5.41, 5.74) is 0.406. The molecule has 8 heteroatoms. The summed E-state index contributed by atoms with van der Waals surface area (Å²) >= 11 is 0. The summed E-state index contributed by atoms with van der Waals surface area (Å²) in [6.07, 6.45) is 7.49. The van der Waals surface area contributed by atoms with Gasteiger partial charge in [0.25, 0.3) is 0 Å². The van der Waals surface area contributed by atoms with E-state index in [0.717, 1.165) is 6.07 Å². The Morgan fingerprint density at radius 2 is 2.04 bits per heavy atom. The van der Waals surface area contributed by atoms with Crippen molar-refractivity contribution >= 4 is 11.6 Å². The Morgan fingerprint density at radius 1 is 1.27 bits per heavy atom. The van der Waals surface area contributed by atoms with Crippen LogP contribution in [0.2, 0.25) is 0 Å². The van der Waals surface area contributed by atoms with Gasteiger partial charge in [0.2, 0.25) is 11.9 Å². The molecule has 128 valence electrons. The van der Waals surface area contributed by atoms with E-state index >= 15 is 0 Å². The van der Waals surface area contributed by atoms with Crippen molar-refractivity contribution in [3.63, 3.8) is 0 Å². The molecule has 1 fully saturated rings.